The number of carbonyl (C=O) groups excluding carboxylic acids is 5. The van der Waals surface area contributed by atoms with Gasteiger partial charge in [-0.25, -0.2) is 9.59 Å². The van der Waals surface area contributed by atoms with Crippen molar-refractivity contribution >= 4 is 40.8 Å². The third-order valence-electron chi connectivity index (χ3n) is 11.1. The highest BCUT2D eigenvalue weighted by molar-refractivity contribution is 5.99. The Labute approximate surface area is 368 Å². The lowest BCUT2D eigenvalue weighted by atomic mass is 9.81. The van der Waals surface area contributed by atoms with Gasteiger partial charge in [-0.2, -0.15) is 0 Å². The van der Waals surface area contributed by atoms with Gasteiger partial charge in [0.2, 0.25) is 12.6 Å². The third-order valence-corrected chi connectivity index (χ3v) is 11.1. The number of fused-ring (bicyclic) bond motifs is 1. The number of esters is 3. The normalized spacial score (nSPS) is 25.1. The number of primary amides is 1. The minimum Gasteiger partial charge on any atom is -0.508 e. The summed E-state index contributed by atoms with van der Waals surface area (Å²) >= 11 is 0. The third kappa shape index (κ3) is 11.2. The smallest absolute Gasteiger partial charge is 0.404 e. The molecule has 3 unspecified atom stereocenters. The molecule has 9 atom stereocenters. The second-order valence-corrected chi connectivity index (χ2v) is 16.6. The van der Waals surface area contributed by atoms with Gasteiger partial charge in [0.15, 0.2) is 18.0 Å². The number of hydrogen-bond donors (Lipinski definition) is 4. The molecule has 2 fully saturated rings. The molecule has 3 aromatic rings. The quantitative estimate of drug-likeness (QED) is 0.0554. The van der Waals surface area contributed by atoms with Crippen molar-refractivity contribution in [2.24, 2.45) is 17.6 Å². The standard InChI is InChI=1S/C45H55NO18/c1-20(2)10-11-26-16-27(12-14-31(26)51)32(52)17-29-39(62-43-38(58-25(7)50)22(4)37(57-24(6)49)34(60-43)19-56-23(5)48)28-13-15-33(21(3)36(28)61-41(29)54)59-42-35(53)40(63-44(46)55)30(18-47)45(8,9)64-42/h10,12-16,22,30,34-35,37-38,40,42-43,47,51,53H,11,17-19H2,1-9H3,(H2,46,55)/t22-,30+,34?,35-,37+,38?,40?,42+,43-/m0/s1. The van der Waals surface area contributed by atoms with E-state index in [2.05, 4.69) is 0 Å². The summed E-state index contributed by atoms with van der Waals surface area (Å²) in [6.45, 7) is 12.6. The molecule has 2 saturated heterocycles. The van der Waals surface area contributed by atoms with Crippen LogP contribution in [0.3, 0.4) is 0 Å². The van der Waals surface area contributed by atoms with Crippen LogP contribution in [-0.4, -0.2) is 107 Å². The number of amides is 1. The van der Waals surface area contributed by atoms with Gasteiger partial charge < -0.3 is 63.4 Å². The van der Waals surface area contributed by atoms with Crippen LogP contribution in [0, 0.1) is 18.8 Å². The number of aromatic hydroxyl groups is 1. The van der Waals surface area contributed by atoms with Gasteiger partial charge in [-0.1, -0.05) is 18.6 Å². The fourth-order valence-electron chi connectivity index (χ4n) is 7.76. The van der Waals surface area contributed by atoms with E-state index in [4.69, 9.17) is 48.0 Å². The number of phenolic OH excluding ortho intramolecular Hbond substituents is 1. The van der Waals surface area contributed by atoms with Gasteiger partial charge in [0.1, 0.15) is 47.8 Å². The van der Waals surface area contributed by atoms with Crippen LogP contribution in [0.4, 0.5) is 4.79 Å². The highest BCUT2D eigenvalue weighted by Crippen LogP contribution is 2.41. The Balaban J connectivity index is 1.65. The molecule has 64 heavy (non-hydrogen) atoms. The van der Waals surface area contributed by atoms with E-state index in [1.807, 2.05) is 19.9 Å². The Kier molecular flexibility index (Phi) is 15.5. The number of aliphatic hydroxyl groups excluding tert-OH is 2. The van der Waals surface area contributed by atoms with E-state index in [0.717, 1.165) is 19.4 Å². The summed E-state index contributed by atoms with van der Waals surface area (Å²) in [7, 11) is 0. The molecule has 5 rings (SSSR count). The zero-order valence-corrected chi connectivity index (χ0v) is 37.0. The summed E-state index contributed by atoms with van der Waals surface area (Å²) < 4.78 is 52.5. The van der Waals surface area contributed by atoms with Crippen LogP contribution in [0.15, 0.2) is 51.2 Å². The summed E-state index contributed by atoms with van der Waals surface area (Å²) in [5.74, 6) is -4.72. The molecule has 3 heterocycles. The molecule has 0 radical (unpaired) electrons. The SMILES string of the molecule is CC(=O)OCC1O[C@@H](Oc2c(CC(=O)c3ccc(O)c(CC=C(C)C)c3)c(=O)oc3c(C)c(O[C@@H]4OC(C)(C)[C@H](CO)C(OC(N)=O)[C@@H]4O)ccc23)C(OC(C)=O)[C@@H](C)[C@H]1OC(C)=O. The number of ether oxygens (including phenoxy) is 8. The molecule has 348 valence electrons. The predicted octanol–water partition coefficient (Wildman–Crippen LogP) is 3.85. The maximum absolute atomic E-state index is 14.2. The largest absolute Gasteiger partial charge is 0.508 e. The molecule has 0 bridgehead atoms. The van der Waals surface area contributed by atoms with E-state index in [0.29, 0.717) is 12.0 Å². The Hall–Kier alpha value is -6.02. The zero-order chi connectivity index (χ0) is 47.4. The number of rotatable bonds is 15. The maximum Gasteiger partial charge on any atom is 0.404 e. The second-order valence-electron chi connectivity index (χ2n) is 16.6. The number of carbonyl (C=O) groups is 5. The van der Waals surface area contributed by atoms with Crippen molar-refractivity contribution in [2.75, 3.05) is 13.2 Å². The van der Waals surface area contributed by atoms with Gasteiger partial charge in [0.05, 0.1) is 29.1 Å². The van der Waals surface area contributed by atoms with E-state index < -0.39 is 116 Å². The molecule has 2 aliphatic rings. The number of ketones is 1. The van der Waals surface area contributed by atoms with Crippen molar-refractivity contribution in [2.45, 2.75) is 124 Å². The molecular weight excluding hydrogens is 842 g/mol. The number of nitrogens with two attached hydrogens (primary N) is 1. The number of allylic oxidation sites excluding steroid dienone is 2. The van der Waals surface area contributed by atoms with Crippen molar-refractivity contribution in [1.82, 2.24) is 0 Å². The monoisotopic (exact) mass is 897 g/mol. The number of hydrogen-bond acceptors (Lipinski definition) is 18. The molecule has 1 aromatic heterocycles. The van der Waals surface area contributed by atoms with Gasteiger partial charge in [-0.05, 0) is 76.9 Å². The van der Waals surface area contributed by atoms with Crippen molar-refractivity contribution in [3.05, 3.63) is 74.7 Å². The molecule has 19 nitrogen and oxygen atoms in total. The van der Waals surface area contributed by atoms with Crippen LogP contribution in [0.25, 0.3) is 11.0 Å². The molecule has 2 aliphatic heterocycles. The fourth-order valence-corrected chi connectivity index (χ4v) is 7.76. The van der Waals surface area contributed by atoms with Crippen LogP contribution < -0.4 is 20.8 Å². The van der Waals surface area contributed by atoms with Gasteiger partial charge in [0.25, 0.3) is 0 Å². The second kappa shape index (κ2) is 20.2. The van der Waals surface area contributed by atoms with Crippen molar-refractivity contribution in [3.8, 4) is 17.2 Å². The molecule has 0 saturated carbocycles. The topological polar surface area (TPSA) is 276 Å². The molecule has 5 N–H and O–H groups in total. The van der Waals surface area contributed by atoms with E-state index >= 15 is 0 Å². The molecule has 2 aromatic carbocycles. The zero-order valence-electron chi connectivity index (χ0n) is 37.0. The molecular formula is C45H55NO18. The lowest BCUT2D eigenvalue weighted by Crippen LogP contribution is -2.62. The Morgan fingerprint density at radius 1 is 0.891 bits per heavy atom. The van der Waals surface area contributed by atoms with Crippen LogP contribution in [0.2, 0.25) is 0 Å². The van der Waals surface area contributed by atoms with E-state index in [1.165, 1.54) is 44.2 Å². The van der Waals surface area contributed by atoms with Gasteiger partial charge in [-0.3, -0.25) is 19.2 Å². The van der Waals surface area contributed by atoms with Crippen molar-refractivity contribution in [3.63, 3.8) is 0 Å². The van der Waals surface area contributed by atoms with E-state index in [-0.39, 0.29) is 44.9 Å². The molecule has 0 spiro atoms. The average molecular weight is 898 g/mol. The molecule has 1 amide bonds. The lowest BCUT2D eigenvalue weighted by Gasteiger charge is -2.47. The van der Waals surface area contributed by atoms with Crippen LogP contribution >= 0.6 is 0 Å². The summed E-state index contributed by atoms with van der Waals surface area (Å²) in [4.78, 5) is 76.8. The number of aliphatic hydroxyl groups is 2. The summed E-state index contributed by atoms with van der Waals surface area (Å²) in [6.07, 6.45) is -9.30. The van der Waals surface area contributed by atoms with Crippen LogP contribution in [0.5, 0.6) is 17.2 Å². The Morgan fingerprint density at radius 2 is 1.56 bits per heavy atom. The van der Waals surface area contributed by atoms with E-state index in [9.17, 15) is 44.1 Å². The predicted molar refractivity (Wildman–Crippen MR) is 223 cm³/mol. The number of phenols is 1. The first-order valence-electron chi connectivity index (χ1n) is 20.5. The van der Waals surface area contributed by atoms with Crippen LogP contribution in [-0.2, 0) is 55.6 Å². The Morgan fingerprint density at radius 3 is 2.17 bits per heavy atom. The first-order chi connectivity index (χ1) is 30.0. The first kappa shape index (κ1) is 49.0. The van der Waals surface area contributed by atoms with E-state index in [1.54, 1.807) is 20.8 Å². The fraction of sp³-hybridized carbons (Fsp3) is 0.511. The van der Waals surface area contributed by atoms with Gasteiger partial charge in [0, 0.05) is 44.2 Å². The minimum absolute atomic E-state index is 0.0181. The number of benzene rings is 2. The highest BCUT2D eigenvalue weighted by Gasteiger charge is 2.53. The highest BCUT2D eigenvalue weighted by atomic mass is 16.7. The van der Waals surface area contributed by atoms with Gasteiger partial charge in [-0.15, -0.1) is 0 Å². The van der Waals surface area contributed by atoms with Crippen LogP contribution in [0.1, 0.15) is 82.4 Å². The number of aryl methyl sites for hydroxylation is 1. The summed E-state index contributed by atoms with van der Waals surface area (Å²) in [5.41, 5.74) is 4.40. The molecule has 19 heteroatoms. The Bertz CT molecular complexity index is 2350. The maximum atomic E-state index is 14.2. The lowest BCUT2D eigenvalue weighted by molar-refractivity contribution is -0.290. The van der Waals surface area contributed by atoms with Gasteiger partial charge >= 0.3 is 29.6 Å². The summed E-state index contributed by atoms with van der Waals surface area (Å²) in [6, 6.07) is 7.15. The van der Waals surface area contributed by atoms with Crippen molar-refractivity contribution in [1.29, 1.82) is 0 Å². The van der Waals surface area contributed by atoms with Crippen molar-refractivity contribution < 1.29 is 81.6 Å². The first-order valence-corrected chi connectivity index (χ1v) is 20.5. The average Bonchev–Trinajstić information content (AvgIpc) is 3.19. The summed E-state index contributed by atoms with van der Waals surface area (Å²) in [5, 5.41) is 32.0. The molecule has 0 aliphatic carbocycles. The number of Topliss-reactive ketones (excluding diaryl/α,β-unsaturated/α-hetero) is 1. The minimum atomic E-state index is -1.66.